The summed E-state index contributed by atoms with van der Waals surface area (Å²) in [6, 6.07) is 7.15. The number of nitrogens with one attached hydrogen (secondary N) is 3. The first-order chi connectivity index (χ1) is 11.5. The summed E-state index contributed by atoms with van der Waals surface area (Å²) in [7, 11) is 0. The van der Waals surface area contributed by atoms with Crippen LogP contribution in [0.4, 0.5) is 11.4 Å². The summed E-state index contributed by atoms with van der Waals surface area (Å²) in [5.41, 5.74) is 23.1. The number of carbonyl (C=O) groups excluding carboxylic acids is 1. The highest BCUT2D eigenvalue weighted by molar-refractivity contribution is 6.22. The Morgan fingerprint density at radius 3 is 2.33 bits per heavy atom. The fourth-order valence-electron chi connectivity index (χ4n) is 1.86. The van der Waals surface area contributed by atoms with Crippen LogP contribution in [0.25, 0.3) is 0 Å². The van der Waals surface area contributed by atoms with Gasteiger partial charge in [0.2, 0.25) is 0 Å². The van der Waals surface area contributed by atoms with Gasteiger partial charge in [-0.05, 0) is 24.3 Å². The highest BCUT2D eigenvalue weighted by Gasteiger charge is 2.14. The van der Waals surface area contributed by atoms with E-state index in [1.165, 1.54) is 0 Å². The average Bonchev–Trinajstić information content (AvgIpc) is 2.55. The van der Waals surface area contributed by atoms with Crippen molar-refractivity contribution in [3.8, 4) is 0 Å². The molecule has 0 fully saturated rings. The number of carbonyl (C=O) groups is 1. The number of amidine groups is 1. The zero-order valence-corrected chi connectivity index (χ0v) is 13.4. The molecule has 9 nitrogen and oxygen atoms in total. The summed E-state index contributed by atoms with van der Waals surface area (Å²) in [6.45, 7) is 2.95. The minimum atomic E-state index is -0.833. The molecule has 0 radical (unpaired) electrons. The van der Waals surface area contributed by atoms with Crippen LogP contribution in [-0.2, 0) is 4.79 Å². The Kier molecular flexibility index (Phi) is 7.96. The Labute approximate surface area is 140 Å². The number of rotatable bonds is 10. The molecule has 0 heterocycles. The van der Waals surface area contributed by atoms with Gasteiger partial charge in [-0.25, -0.2) is 4.99 Å². The predicted molar refractivity (Wildman–Crippen MR) is 97.3 cm³/mol. The Balaban J connectivity index is 2.75. The molecule has 24 heavy (non-hydrogen) atoms. The first-order valence-electron chi connectivity index (χ1n) is 7.38. The van der Waals surface area contributed by atoms with Crippen LogP contribution < -0.4 is 33.6 Å². The third-order valence-electron chi connectivity index (χ3n) is 3.02. The lowest BCUT2D eigenvalue weighted by molar-refractivity contribution is -0.114. The molecule has 0 unspecified atom stereocenters. The van der Waals surface area contributed by atoms with Crippen LogP contribution in [0.3, 0.4) is 0 Å². The lowest BCUT2D eigenvalue weighted by atomic mass is 10.2. The van der Waals surface area contributed by atoms with Crippen molar-refractivity contribution >= 4 is 29.3 Å². The smallest absolute Gasteiger partial charge is 0.254 e. The number of aliphatic imine (C=N–C) groups is 1. The second-order valence-corrected chi connectivity index (χ2v) is 4.85. The first kappa shape index (κ1) is 19.1. The molecule has 0 saturated carbocycles. The molecule has 1 aromatic carbocycles. The first-order valence-corrected chi connectivity index (χ1v) is 7.38. The van der Waals surface area contributed by atoms with E-state index in [4.69, 9.17) is 28.3 Å². The Morgan fingerprint density at radius 1 is 1.12 bits per heavy atom. The van der Waals surface area contributed by atoms with E-state index < -0.39 is 5.91 Å². The number of nitrogens with two attached hydrogens (primary N) is 4. The molecular weight excluding hydrogens is 308 g/mol. The molecule has 1 aromatic rings. The van der Waals surface area contributed by atoms with Crippen LogP contribution >= 0.6 is 0 Å². The molecule has 0 atom stereocenters. The zero-order valence-electron chi connectivity index (χ0n) is 13.4. The van der Waals surface area contributed by atoms with Crippen molar-refractivity contribution in [3.63, 3.8) is 0 Å². The molecule has 0 aliphatic carbocycles. The topological polar surface area (TPSA) is 181 Å². The van der Waals surface area contributed by atoms with Gasteiger partial charge in [-0.15, -0.1) is 0 Å². The number of benzene rings is 1. The van der Waals surface area contributed by atoms with Crippen molar-refractivity contribution in [2.75, 3.05) is 31.5 Å². The molecule has 0 aromatic heterocycles. The summed E-state index contributed by atoms with van der Waals surface area (Å²) < 4.78 is 0. The minimum absolute atomic E-state index is 0.129. The lowest BCUT2D eigenvalue weighted by Gasteiger charge is -2.08. The van der Waals surface area contributed by atoms with Gasteiger partial charge in [-0.3, -0.25) is 4.79 Å². The number of amides is 1. The maximum Gasteiger partial charge on any atom is 0.254 e. The van der Waals surface area contributed by atoms with Crippen molar-refractivity contribution in [2.24, 2.45) is 27.9 Å². The van der Waals surface area contributed by atoms with Gasteiger partial charge in [-0.2, -0.15) is 0 Å². The average molecular weight is 332 g/mol. The van der Waals surface area contributed by atoms with Gasteiger partial charge in [0.25, 0.3) is 5.91 Å². The Hall–Kier alpha value is -2.91. The van der Waals surface area contributed by atoms with Crippen LogP contribution in [-0.4, -0.2) is 44.1 Å². The number of hydrogen-bond donors (Lipinski definition) is 7. The largest absolute Gasteiger partial charge is 0.397 e. The third kappa shape index (κ3) is 6.07. The molecule has 0 aliphatic rings. The van der Waals surface area contributed by atoms with Gasteiger partial charge < -0.3 is 39.0 Å². The summed E-state index contributed by atoms with van der Waals surface area (Å²) in [6.07, 6.45) is 0.800. The van der Waals surface area contributed by atoms with Crippen LogP contribution in [0.2, 0.25) is 0 Å². The van der Waals surface area contributed by atoms with E-state index in [9.17, 15) is 4.79 Å². The molecule has 0 spiro atoms. The van der Waals surface area contributed by atoms with Crippen molar-refractivity contribution in [1.82, 2.24) is 5.32 Å². The quantitative estimate of drug-likeness (QED) is 0.125. The summed E-state index contributed by atoms with van der Waals surface area (Å²) in [4.78, 5) is 15.5. The molecule has 130 valence electrons. The molecule has 0 aliphatic heterocycles. The number of anilines is 1. The maximum absolute atomic E-state index is 11.4. The van der Waals surface area contributed by atoms with Gasteiger partial charge in [-0.1, -0.05) is 0 Å². The highest BCUT2D eigenvalue weighted by Crippen LogP contribution is 2.17. The maximum atomic E-state index is 11.4. The van der Waals surface area contributed by atoms with Crippen LogP contribution in [0.5, 0.6) is 0 Å². The fourth-order valence-corrected chi connectivity index (χ4v) is 1.86. The molecule has 1 rings (SSSR count). The fraction of sp³-hybridized carbons (Fsp3) is 0.267. The monoisotopic (exact) mass is 332 g/mol. The Bertz CT molecular complexity index is 621. The Morgan fingerprint density at radius 2 is 1.79 bits per heavy atom. The number of allylic oxidation sites excluding steroid dienone is 1. The van der Waals surface area contributed by atoms with Gasteiger partial charge >= 0.3 is 0 Å². The van der Waals surface area contributed by atoms with E-state index in [0.717, 1.165) is 31.5 Å². The van der Waals surface area contributed by atoms with Gasteiger partial charge in [0.15, 0.2) is 0 Å². The normalized spacial score (nSPS) is 12.5. The molecule has 11 N–H and O–H groups in total. The van der Waals surface area contributed by atoms with Crippen molar-refractivity contribution in [2.45, 2.75) is 0 Å². The van der Waals surface area contributed by atoms with E-state index in [0.29, 0.717) is 12.2 Å². The van der Waals surface area contributed by atoms with Gasteiger partial charge in [0.05, 0.1) is 11.4 Å². The summed E-state index contributed by atoms with van der Waals surface area (Å²) in [5, 5.41) is 13.5. The van der Waals surface area contributed by atoms with E-state index in [2.05, 4.69) is 15.6 Å². The molecule has 0 saturated heterocycles. The highest BCUT2D eigenvalue weighted by atomic mass is 16.1. The number of nitrogens with zero attached hydrogens (tertiary/aromatic N) is 1. The van der Waals surface area contributed by atoms with Crippen LogP contribution in [0.15, 0.2) is 40.5 Å². The standard InChI is InChI=1S/C15H24N8O/c16-5-6-21-7-8-22-10-1-3-11(4-2-10)23-14(19)13(15(20)24)12(18)9-17/h1-4,9,17,21-22H,5-8,16,18H2,(H2,19,23)(H2,20,24)/b13-12+,17-9?. The van der Waals surface area contributed by atoms with Gasteiger partial charge in [0.1, 0.15) is 11.4 Å². The minimum Gasteiger partial charge on any atom is -0.397 e. The molecule has 1 amide bonds. The second-order valence-electron chi connectivity index (χ2n) is 4.85. The van der Waals surface area contributed by atoms with E-state index in [-0.39, 0.29) is 17.1 Å². The molecular formula is C15H24N8O. The van der Waals surface area contributed by atoms with Crippen molar-refractivity contribution < 1.29 is 4.79 Å². The van der Waals surface area contributed by atoms with Crippen molar-refractivity contribution in [3.05, 3.63) is 35.5 Å². The zero-order chi connectivity index (χ0) is 17.9. The summed E-state index contributed by atoms with van der Waals surface area (Å²) >= 11 is 0. The second kappa shape index (κ2) is 9.98. The van der Waals surface area contributed by atoms with E-state index in [1.54, 1.807) is 12.1 Å². The summed E-state index contributed by atoms with van der Waals surface area (Å²) in [5.74, 6) is -0.962. The van der Waals surface area contributed by atoms with Crippen molar-refractivity contribution in [1.29, 1.82) is 5.41 Å². The number of hydrogen-bond acceptors (Lipinski definition) is 7. The van der Waals surface area contributed by atoms with Gasteiger partial charge in [0, 0.05) is 38.1 Å². The SMILES string of the molecule is N=C/C(N)=C(\C(N)=O)C(N)=Nc1ccc(NCCNCCN)cc1. The van der Waals surface area contributed by atoms with Crippen LogP contribution in [0, 0.1) is 5.41 Å². The third-order valence-corrected chi connectivity index (χ3v) is 3.02. The van der Waals surface area contributed by atoms with E-state index >= 15 is 0 Å². The predicted octanol–water partition coefficient (Wildman–Crippen LogP) is -1.02. The molecule has 9 heteroatoms. The van der Waals surface area contributed by atoms with Crippen LogP contribution in [0.1, 0.15) is 0 Å². The molecule has 0 bridgehead atoms. The van der Waals surface area contributed by atoms with E-state index in [1.807, 2.05) is 12.1 Å². The number of primary amides is 1. The lowest BCUT2D eigenvalue weighted by Crippen LogP contribution is -2.30.